The van der Waals surface area contributed by atoms with Crippen LogP contribution in [0.1, 0.15) is 17.3 Å². The summed E-state index contributed by atoms with van der Waals surface area (Å²) in [4.78, 5) is 28.4. The molecule has 3 aromatic rings. The number of nitrogens with one attached hydrogen (secondary N) is 1. The number of pyridine rings is 1. The molecule has 8 heteroatoms. The van der Waals surface area contributed by atoms with Gasteiger partial charge in [0.1, 0.15) is 16.9 Å². The van der Waals surface area contributed by atoms with Crippen molar-refractivity contribution in [3.05, 3.63) is 62.6 Å². The van der Waals surface area contributed by atoms with Gasteiger partial charge in [-0.25, -0.2) is 9.78 Å². The largest absolute Gasteiger partial charge is 0.494 e. The molecular formula is C17H12Cl2N2O4. The summed E-state index contributed by atoms with van der Waals surface area (Å²) in [5.41, 5.74) is -0.608. The molecule has 0 aliphatic rings. The average Bonchev–Trinajstić information content (AvgIpc) is 2.57. The lowest BCUT2D eigenvalue weighted by molar-refractivity contribution is 0.102. The summed E-state index contributed by atoms with van der Waals surface area (Å²) in [6.07, 6.45) is 1.33. The van der Waals surface area contributed by atoms with Gasteiger partial charge >= 0.3 is 5.63 Å². The van der Waals surface area contributed by atoms with Crippen LogP contribution in [-0.4, -0.2) is 17.5 Å². The first-order valence-electron chi connectivity index (χ1n) is 7.31. The van der Waals surface area contributed by atoms with E-state index in [1.807, 2.05) is 6.92 Å². The highest BCUT2D eigenvalue weighted by Crippen LogP contribution is 2.24. The Labute approximate surface area is 152 Å². The monoisotopic (exact) mass is 378 g/mol. The fourth-order valence-electron chi connectivity index (χ4n) is 2.19. The Hall–Kier alpha value is -2.57. The number of benzene rings is 1. The van der Waals surface area contributed by atoms with Crippen LogP contribution >= 0.6 is 23.2 Å². The van der Waals surface area contributed by atoms with Gasteiger partial charge in [0.15, 0.2) is 5.82 Å². The molecule has 128 valence electrons. The van der Waals surface area contributed by atoms with E-state index < -0.39 is 11.5 Å². The molecule has 0 atom stereocenters. The molecule has 6 nitrogen and oxygen atoms in total. The van der Waals surface area contributed by atoms with E-state index >= 15 is 0 Å². The van der Waals surface area contributed by atoms with E-state index in [1.165, 1.54) is 18.3 Å². The third kappa shape index (κ3) is 3.75. The Kier molecular flexibility index (Phi) is 4.92. The first-order valence-corrected chi connectivity index (χ1v) is 8.06. The molecule has 0 radical (unpaired) electrons. The fraction of sp³-hybridized carbons (Fsp3) is 0.118. The maximum Gasteiger partial charge on any atom is 0.349 e. The summed E-state index contributed by atoms with van der Waals surface area (Å²) >= 11 is 11.7. The van der Waals surface area contributed by atoms with Crippen molar-refractivity contribution in [2.75, 3.05) is 11.9 Å². The number of carbonyl (C=O) groups is 1. The van der Waals surface area contributed by atoms with Gasteiger partial charge in [-0.05, 0) is 31.2 Å². The topological polar surface area (TPSA) is 81.4 Å². The van der Waals surface area contributed by atoms with Crippen molar-refractivity contribution < 1.29 is 13.9 Å². The first-order chi connectivity index (χ1) is 12.0. The molecule has 1 amide bonds. The van der Waals surface area contributed by atoms with E-state index in [2.05, 4.69) is 10.3 Å². The van der Waals surface area contributed by atoms with Crippen LogP contribution in [0.4, 0.5) is 5.82 Å². The molecule has 25 heavy (non-hydrogen) atoms. The molecule has 0 saturated heterocycles. The highest BCUT2D eigenvalue weighted by atomic mass is 35.5. The third-order valence-corrected chi connectivity index (χ3v) is 3.80. The minimum atomic E-state index is -0.774. The van der Waals surface area contributed by atoms with Crippen molar-refractivity contribution in [2.24, 2.45) is 0 Å². The van der Waals surface area contributed by atoms with Crippen LogP contribution in [0, 0.1) is 0 Å². The number of ether oxygens (including phenoxy) is 1. The van der Waals surface area contributed by atoms with E-state index in [0.29, 0.717) is 28.3 Å². The van der Waals surface area contributed by atoms with E-state index in [9.17, 15) is 9.59 Å². The van der Waals surface area contributed by atoms with Gasteiger partial charge in [0, 0.05) is 17.6 Å². The van der Waals surface area contributed by atoms with E-state index in [1.54, 1.807) is 18.2 Å². The number of hydrogen-bond donors (Lipinski definition) is 1. The minimum absolute atomic E-state index is 0.0993. The Morgan fingerprint density at radius 3 is 2.80 bits per heavy atom. The van der Waals surface area contributed by atoms with Gasteiger partial charge in [0.05, 0.1) is 16.7 Å². The maximum absolute atomic E-state index is 12.4. The third-order valence-electron chi connectivity index (χ3n) is 3.30. The predicted octanol–water partition coefficient (Wildman–Crippen LogP) is 4.15. The SMILES string of the molecule is CCOc1ccc2cc(C(=O)Nc3ncc(Cl)cc3Cl)c(=O)oc2c1. The van der Waals surface area contributed by atoms with Gasteiger partial charge in [-0.2, -0.15) is 0 Å². The van der Waals surface area contributed by atoms with Crippen molar-refractivity contribution >= 4 is 45.9 Å². The van der Waals surface area contributed by atoms with Gasteiger partial charge in [-0.15, -0.1) is 0 Å². The second-order valence-corrected chi connectivity index (χ2v) is 5.86. The van der Waals surface area contributed by atoms with Gasteiger partial charge < -0.3 is 14.5 Å². The summed E-state index contributed by atoms with van der Waals surface area (Å²) in [5.74, 6) is -0.00369. The molecular weight excluding hydrogens is 367 g/mol. The molecule has 0 unspecified atom stereocenters. The minimum Gasteiger partial charge on any atom is -0.494 e. The van der Waals surface area contributed by atoms with E-state index in [4.69, 9.17) is 32.4 Å². The van der Waals surface area contributed by atoms with Gasteiger partial charge in [0.2, 0.25) is 0 Å². The number of fused-ring (bicyclic) bond motifs is 1. The van der Waals surface area contributed by atoms with Gasteiger partial charge in [-0.3, -0.25) is 4.79 Å². The quantitative estimate of drug-likeness (QED) is 0.689. The fourth-order valence-corrected chi connectivity index (χ4v) is 2.62. The molecule has 0 aliphatic heterocycles. The lowest BCUT2D eigenvalue weighted by Gasteiger charge is -2.07. The Bertz CT molecular complexity index is 1020. The van der Waals surface area contributed by atoms with Crippen LogP contribution in [0.5, 0.6) is 5.75 Å². The zero-order chi connectivity index (χ0) is 18.0. The normalized spacial score (nSPS) is 10.7. The van der Waals surface area contributed by atoms with E-state index in [-0.39, 0.29) is 16.4 Å². The molecule has 0 spiro atoms. The molecule has 1 N–H and O–H groups in total. The number of aromatic nitrogens is 1. The predicted molar refractivity (Wildman–Crippen MR) is 95.9 cm³/mol. The zero-order valence-electron chi connectivity index (χ0n) is 13.0. The molecule has 0 aliphatic carbocycles. The number of anilines is 1. The molecule has 2 aromatic heterocycles. The Balaban J connectivity index is 1.94. The number of rotatable bonds is 4. The summed E-state index contributed by atoms with van der Waals surface area (Å²) in [6, 6.07) is 7.90. The highest BCUT2D eigenvalue weighted by molar-refractivity contribution is 6.36. The summed E-state index contributed by atoms with van der Waals surface area (Å²) in [5, 5.41) is 3.54. The maximum atomic E-state index is 12.4. The first kappa shape index (κ1) is 17.3. The summed E-state index contributed by atoms with van der Waals surface area (Å²) in [7, 11) is 0. The number of halogens is 2. The van der Waals surface area contributed by atoms with Crippen LogP contribution in [0.3, 0.4) is 0 Å². The van der Waals surface area contributed by atoms with E-state index in [0.717, 1.165) is 0 Å². The van der Waals surface area contributed by atoms with Crippen LogP contribution < -0.4 is 15.7 Å². The van der Waals surface area contributed by atoms with Crippen molar-refractivity contribution in [1.29, 1.82) is 0 Å². The van der Waals surface area contributed by atoms with Crippen molar-refractivity contribution in [1.82, 2.24) is 4.98 Å². The smallest absolute Gasteiger partial charge is 0.349 e. The molecule has 0 bridgehead atoms. The standard InChI is InChI=1S/C17H12Cl2N2O4/c1-2-24-11-4-3-9-5-12(17(23)25-14(9)7-11)16(22)21-15-13(19)6-10(18)8-20-15/h3-8H,2H2,1H3,(H,20,21,22). The highest BCUT2D eigenvalue weighted by Gasteiger charge is 2.16. The zero-order valence-corrected chi connectivity index (χ0v) is 14.5. The Morgan fingerprint density at radius 2 is 2.08 bits per heavy atom. The van der Waals surface area contributed by atoms with Gasteiger partial charge in [0.25, 0.3) is 5.91 Å². The number of amides is 1. The van der Waals surface area contributed by atoms with Crippen LogP contribution in [0.15, 0.2) is 45.7 Å². The number of nitrogens with zero attached hydrogens (tertiary/aromatic N) is 1. The molecule has 1 aromatic carbocycles. The molecule has 3 rings (SSSR count). The second kappa shape index (κ2) is 7.13. The van der Waals surface area contributed by atoms with Crippen molar-refractivity contribution in [2.45, 2.75) is 6.92 Å². The molecule has 0 saturated carbocycles. The van der Waals surface area contributed by atoms with Crippen molar-refractivity contribution in [3.8, 4) is 5.75 Å². The molecule has 2 heterocycles. The molecule has 0 fully saturated rings. The van der Waals surface area contributed by atoms with Crippen LogP contribution in [0.25, 0.3) is 11.0 Å². The van der Waals surface area contributed by atoms with Crippen LogP contribution in [0.2, 0.25) is 10.0 Å². The van der Waals surface area contributed by atoms with Crippen LogP contribution in [-0.2, 0) is 0 Å². The number of hydrogen-bond acceptors (Lipinski definition) is 5. The average molecular weight is 379 g/mol. The summed E-state index contributed by atoms with van der Waals surface area (Å²) < 4.78 is 10.6. The number of carbonyl (C=O) groups excluding carboxylic acids is 1. The lowest BCUT2D eigenvalue weighted by Crippen LogP contribution is -2.21. The van der Waals surface area contributed by atoms with Gasteiger partial charge in [-0.1, -0.05) is 23.2 Å². The van der Waals surface area contributed by atoms with Crippen molar-refractivity contribution in [3.63, 3.8) is 0 Å². The second-order valence-electron chi connectivity index (χ2n) is 5.02. The lowest BCUT2D eigenvalue weighted by atomic mass is 10.1. The Morgan fingerprint density at radius 1 is 1.28 bits per heavy atom. The summed E-state index contributed by atoms with van der Waals surface area (Å²) in [6.45, 7) is 2.34.